The average Bonchev–Trinajstić information content (AvgIpc) is 2.90. The predicted octanol–water partition coefficient (Wildman–Crippen LogP) is -0.622. The fourth-order valence-corrected chi connectivity index (χ4v) is 2.39. The summed E-state index contributed by atoms with van der Waals surface area (Å²) in [5, 5.41) is 31.7. The molecule has 4 N–H and O–H groups in total. The van der Waals surface area contributed by atoms with E-state index in [0.29, 0.717) is 6.20 Å². The van der Waals surface area contributed by atoms with Gasteiger partial charge in [-0.1, -0.05) is 0 Å². The fourth-order valence-electron chi connectivity index (χ4n) is 2.39. The molecular formula is C14H20F3N3O6. The number of aliphatic hydroxyl groups excluding tert-OH is 3. The highest BCUT2D eigenvalue weighted by atomic mass is 19.4. The Morgan fingerprint density at radius 3 is 2.69 bits per heavy atom. The number of nitrogens with zero attached hydrogens (tertiary/aromatic N) is 2. The molecule has 1 aromatic heterocycles. The molecule has 9 nitrogen and oxygen atoms in total. The molecule has 26 heavy (non-hydrogen) atoms. The van der Waals surface area contributed by atoms with Crippen LogP contribution in [0.3, 0.4) is 0 Å². The summed E-state index contributed by atoms with van der Waals surface area (Å²) in [7, 11) is 1.44. The molecule has 5 atom stereocenters. The van der Waals surface area contributed by atoms with E-state index in [2.05, 4.69) is 15.3 Å². The van der Waals surface area contributed by atoms with Crippen molar-refractivity contribution in [2.45, 2.75) is 36.8 Å². The van der Waals surface area contributed by atoms with Crippen LogP contribution in [0, 0.1) is 0 Å². The van der Waals surface area contributed by atoms with Gasteiger partial charge in [0.1, 0.15) is 30.2 Å². The van der Waals surface area contributed by atoms with E-state index in [1.54, 1.807) is 0 Å². The standard InChI is InChI=1S/C14H20F3N3O6/c1-24-2-3-25-13-10(11(23)12(26-13)7(22)6-21)20-9-5-18-4-8(19-9)14(15,16)17/h4-5,7,10-13,21-23H,2-3,6H2,1H3,(H,19,20)/t7-,10-,11-,12+,13-/m1/s1. The molecule has 0 aromatic carbocycles. The Balaban J connectivity index is 2.17. The molecule has 1 aliphatic heterocycles. The molecule has 1 aliphatic rings. The normalized spacial score (nSPS) is 27.5. The first-order chi connectivity index (χ1) is 12.3. The molecule has 0 unspecified atom stereocenters. The SMILES string of the molecule is COCCO[C@@H]1O[C@@H]([C@H](O)CO)[C@H](O)[C@H]1Nc1cncc(C(F)(F)F)n1. The van der Waals surface area contributed by atoms with Crippen LogP contribution >= 0.6 is 0 Å². The fraction of sp³-hybridized carbons (Fsp3) is 0.714. The summed E-state index contributed by atoms with van der Waals surface area (Å²) < 4.78 is 53.9. The van der Waals surface area contributed by atoms with E-state index >= 15 is 0 Å². The zero-order valence-electron chi connectivity index (χ0n) is 13.8. The molecule has 2 rings (SSSR count). The summed E-state index contributed by atoms with van der Waals surface area (Å²) in [6, 6.07) is -1.06. The van der Waals surface area contributed by atoms with Gasteiger partial charge in [0.2, 0.25) is 0 Å². The van der Waals surface area contributed by atoms with E-state index in [1.807, 2.05) is 0 Å². The highest BCUT2D eigenvalue weighted by molar-refractivity contribution is 5.35. The van der Waals surface area contributed by atoms with Crippen LogP contribution in [0.25, 0.3) is 0 Å². The van der Waals surface area contributed by atoms with Crippen LogP contribution in [0.1, 0.15) is 5.69 Å². The molecule has 0 amide bonds. The van der Waals surface area contributed by atoms with Crippen molar-refractivity contribution in [1.82, 2.24) is 9.97 Å². The second kappa shape index (κ2) is 8.88. The minimum absolute atomic E-state index is 0.0717. The number of hydrogen-bond acceptors (Lipinski definition) is 9. The van der Waals surface area contributed by atoms with Gasteiger partial charge in [0.05, 0.1) is 32.2 Å². The first-order valence-electron chi connectivity index (χ1n) is 7.66. The summed E-state index contributed by atoms with van der Waals surface area (Å²) in [6.07, 6.45) is -8.19. The van der Waals surface area contributed by atoms with Gasteiger partial charge in [-0.05, 0) is 0 Å². The number of ether oxygens (including phenoxy) is 3. The zero-order valence-corrected chi connectivity index (χ0v) is 13.8. The first kappa shape index (κ1) is 20.7. The maximum Gasteiger partial charge on any atom is 0.434 e. The molecule has 12 heteroatoms. The van der Waals surface area contributed by atoms with Crippen LogP contribution in [-0.4, -0.2) is 82.9 Å². The Morgan fingerprint density at radius 1 is 1.35 bits per heavy atom. The van der Waals surface area contributed by atoms with Crippen LogP contribution in [0.2, 0.25) is 0 Å². The van der Waals surface area contributed by atoms with Crippen molar-refractivity contribution >= 4 is 5.82 Å². The van der Waals surface area contributed by atoms with E-state index in [-0.39, 0.29) is 19.0 Å². The molecule has 1 fully saturated rings. The number of aliphatic hydroxyl groups is 3. The van der Waals surface area contributed by atoms with Crippen LogP contribution in [0.4, 0.5) is 19.0 Å². The Labute approximate surface area is 146 Å². The second-order valence-electron chi connectivity index (χ2n) is 5.53. The third-order valence-electron chi connectivity index (χ3n) is 3.66. The van der Waals surface area contributed by atoms with Gasteiger partial charge in [-0.25, -0.2) is 4.98 Å². The number of nitrogens with one attached hydrogen (secondary N) is 1. The molecule has 0 saturated carbocycles. The van der Waals surface area contributed by atoms with Crippen molar-refractivity contribution in [3.63, 3.8) is 0 Å². The number of aromatic nitrogens is 2. The first-order valence-corrected chi connectivity index (χ1v) is 7.66. The highest BCUT2D eigenvalue weighted by Crippen LogP contribution is 2.30. The molecule has 0 spiro atoms. The molecule has 0 bridgehead atoms. The number of hydrogen-bond donors (Lipinski definition) is 4. The van der Waals surface area contributed by atoms with Gasteiger partial charge in [-0.15, -0.1) is 0 Å². The third kappa shape index (κ3) is 4.99. The Morgan fingerprint density at radius 2 is 2.08 bits per heavy atom. The van der Waals surface area contributed by atoms with Crippen LogP contribution in [-0.2, 0) is 20.4 Å². The molecule has 1 saturated heterocycles. The number of anilines is 1. The van der Waals surface area contributed by atoms with Gasteiger partial charge in [0.25, 0.3) is 0 Å². The summed E-state index contributed by atoms with van der Waals surface area (Å²) in [6.45, 7) is -0.399. The molecule has 148 valence electrons. The Hall–Kier alpha value is -1.57. The average molecular weight is 383 g/mol. The number of methoxy groups -OCH3 is 1. The van der Waals surface area contributed by atoms with Gasteiger partial charge >= 0.3 is 6.18 Å². The smallest absolute Gasteiger partial charge is 0.394 e. The lowest BCUT2D eigenvalue weighted by Gasteiger charge is -2.22. The molecule has 0 radical (unpaired) electrons. The highest BCUT2D eigenvalue weighted by Gasteiger charge is 2.47. The van der Waals surface area contributed by atoms with Crippen molar-refractivity contribution in [2.24, 2.45) is 0 Å². The molecule has 0 aliphatic carbocycles. The van der Waals surface area contributed by atoms with Crippen molar-refractivity contribution in [1.29, 1.82) is 0 Å². The Bertz CT molecular complexity index is 579. The maximum absolute atomic E-state index is 12.8. The second-order valence-corrected chi connectivity index (χ2v) is 5.53. The third-order valence-corrected chi connectivity index (χ3v) is 3.66. The summed E-state index contributed by atoms with van der Waals surface area (Å²) >= 11 is 0. The lowest BCUT2D eigenvalue weighted by atomic mass is 10.0. The monoisotopic (exact) mass is 383 g/mol. The van der Waals surface area contributed by atoms with Gasteiger partial charge in [-0.2, -0.15) is 13.2 Å². The van der Waals surface area contributed by atoms with Crippen molar-refractivity contribution in [2.75, 3.05) is 32.2 Å². The lowest BCUT2D eigenvalue weighted by Crippen LogP contribution is -2.44. The van der Waals surface area contributed by atoms with Crippen LogP contribution in [0.5, 0.6) is 0 Å². The quantitative estimate of drug-likeness (QED) is 0.434. The Kier molecular flexibility index (Phi) is 7.08. The molecule has 2 heterocycles. The van der Waals surface area contributed by atoms with Crippen molar-refractivity contribution in [3.05, 3.63) is 18.1 Å². The van der Waals surface area contributed by atoms with Gasteiger partial charge < -0.3 is 34.8 Å². The minimum atomic E-state index is -4.68. The van der Waals surface area contributed by atoms with E-state index in [4.69, 9.17) is 19.3 Å². The summed E-state index contributed by atoms with van der Waals surface area (Å²) in [5.74, 6) is -0.257. The van der Waals surface area contributed by atoms with Crippen molar-refractivity contribution < 1.29 is 42.7 Å². The van der Waals surface area contributed by atoms with Gasteiger partial charge in [0.15, 0.2) is 12.0 Å². The topological polar surface area (TPSA) is 126 Å². The predicted molar refractivity (Wildman–Crippen MR) is 80.0 cm³/mol. The summed E-state index contributed by atoms with van der Waals surface area (Å²) in [4.78, 5) is 6.88. The van der Waals surface area contributed by atoms with E-state index < -0.39 is 49.1 Å². The summed E-state index contributed by atoms with van der Waals surface area (Å²) in [5.41, 5.74) is -1.21. The lowest BCUT2D eigenvalue weighted by molar-refractivity contribution is -0.168. The van der Waals surface area contributed by atoms with E-state index in [9.17, 15) is 23.4 Å². The van der Waals surface area contributed by atoms with Gasteiger partial charge in [0, 0.05) is 7.11 Å². The maximum atomic E-state index is 12.8. The van der Waals surface area contributed by atoms with Gasteiger partial charge in [-0.3, -0.25) is 4.98 Å². The van der Waals surface area contributed by atoms with E-state index in [0.717, 1.165) is 6.20 Å². The van der Waals surface area contributed by atoms with Crippen LogP contribution < -0.4 is 5.32 Å². The van der Waals surface area contributed by atoms with Crippen molar-refractivity contribution in [3.8, 4) is 0 Å². The molecule has 1 aromatic rings. The molecular weight excluding hydrogens is 363 g/mol. The largest absolute Gasteiger partial charge is 0.434 e. The number of rotatable bonds is 8. The van der Waals surface area contributed by atoms with E-state index in [1.165, 1.54) is 7.11 Å². The number of halogens is 3. The van der Waals surface area contributed by atoms with Crippen LogP contribution in [0.15, 0.2) is 12.4 Å². The number of alkyl halides is 3. The minimum Gasteiger partial charge on any atom is -0.394 e. The zero-order chi connectivity index (χ0) is 19.3.